The highest BCUT2D eigenvalue weighted by Crippen LogP contribution is 2.19. The van der Waals surface area contributed by atoms with E-state index in [2.05, 4.69) is 34.2 Å². The highest BCUT2D eigenvalue weighted by atomic mass is 16.5. The summed E-state index contributed by atoms with van der Waals surface area (Å²) in [5.41, 5.74) is 0. The predicted octanol–water partition coefficient (Wildman–Crippen LogP) is 1.77. The summed E-state index contributed by atoms with van der Waals surface area (Å²) in [4.78, 5) is 6.93. The third-order valence-corrected chi connectivity index (χ3v) is 3.51. The van der Waals surface area contributed by atoms with Crippen molar-refractivity contribution in [3.05, 3.63) is 11.7 Å². The molecule has 5 heteroatoms. The average Bonchev–Trinajstić information content (AvgIpc) is 2.81. The van der Waals surface area contributed by atoms with E-state index in [4.69, 9.17) is 4.52 Å². The molecule has 0 aromatic carbocycles. The number of likely N-dealkylation sites (tertiary alicyclic amines) is 1. The van der Waals surface area contributed by atoms with Crippen LogP contribution in [-0.2, 0) is 6.54 Å². The van der Waals surface area contributed by atoms with Gasteiger partial charge in [-0.25, -0.2) is 0 Å². The Hall–Kier alpha value is -0.940. The van der Waals surface area contributed by atoms with Gasteiger partial charge in [0.15, 0.2) is 5.82 Å². The number of likely N-dealkylation sites (N-methyl/N-ethyl adjacent to an activating group) is 1. The average molecular weight is 252 g/mol. The molecule has 1 aliphatic rings. The van der Waals surface area contributed by atoms with E-state index in [1.54, 1.807) is 0 Å². The number of rotatable bonds is 5. The summed E-state index contributed by atoms with van der Waals surface area (Å²) in [5, 5.41) is 7.35. The minimum Gasteiger partial charge on any atom is -0.339 e. The van der Waals surface area contributed by atoms with Crippen LogP contribution in [0.15, 0.2) is 4.52 Å². The molecule has 1 aromatic heterocycles. The Morgan fingerprint density at radius 3 is 2.94 bits per heavy atom. The first-order valence-corrected chi connectivity index (χ1v) is 6.92. The largest absolute Gasteiger partial charge is 0.339 e. The molecule has 1 N–H and O–H groups in total. The molecule has 1 unspecified atom stereocenters. The minimum atomic E-state index is 0.306. The van der Waals surface area contributed by atoms with Crippen molar-refractivity contribution in [3.8, 4) is 0 Å². The normalized spacial score (nSPS) is 21.7. The standard InChI is InChI=1S/C13H24N4O/c1-10(2)13-15-12(16-18-13)9-17-7-5-4-6-11(17)8-14-3/h10-11,14H,4-9H2,1-3H3. The third kappa shape index (κ3) is 3.29. The molecule has 1 atom stereocenters. The zero-order chi connectivity index (χ0) is 13.0. The van der Waals surface area contributed by atoms with Gasteiger partial charge >= 0.3 is 0 Å². The van der Waals surface area contributed by atoms with E-state index in [-0.39, 0.29) is 0 Å². The molecule has 1 fully saturated rings. The van der Waals surface area contributed by atoms with E-state index >= 15 is 0 Å². The fraction of sp³-hybridized carbons (Fsp3) is 0.846. The topological polar surface area (TPSA) is 54.2 Å². The van der Waals surface area contributed by atoms with E-state index in [0.29, 0.717) is 12.0 Å². The fourth-order valence-electron chi connectivity index (χ4n) is 2.48. The van der Waals surface area contributed by atoms with Crippen LogP contribution >= 0.6 is 0 Å². The second-order valence-electron chi connectivity index (χ2n) is 5.38. The van der Waals surface area contributed by atoms with Crippen molar-refractivity contribution < 1.29 is 4.52 Å². The highest BCUT2D eigenvalue weighted by Gasteiger charge is 2.23. The van der Waals surface area contributed by atoms with E-state index in [1.165, 1.54) is 19.3 Å². The molecule has 0 radical (unpaired) electrons. The van der Waals surface area contributed by atoms with Gasteiger partial charge in [0.25, 0.3) is 0 Å². The molecular formula is C13H24N4O. The van der Waals surface area contributed by atoms with Crippen LogP contribution in [0, 0.1) is 0 Å². The SMILES string of the molecule is CNCC1CCCCN1Cc1noc(C(C)C)n1. The molecule has 2 rings (SSSR count). The minimum absolute atomic E-state index is 0.306. The van der Waals surface area contributed by atoms with Crippen molar-refractivity contribution in [3.63, 3.8) is 0 Å². The number of piperidine rings is 1. The maximum atomic E-state index is 5.26. The number of hydrogen-bond acceptors (Lipinski definition) is 5. The molecule has 18 heavy (non-hydrogen) atoms. The van der Waals surface area contributed by atoms with Gasteiger partial charge in [-0.15, -0.1) is 0 Å². The van der Waals surface area contributed by atoms with Crippen LogP contribution in [0.2, 0.25) is 0 Å². The van der Waals surface area contributed by atoms with Crippen molar-refractivity contribution in [1.29, 1.82) is 0 Å². The van der Waals surface area contributed by atoms with Crippen molar-refractivity contribution >= 4 is 0 Å². The lowest BCUT2D eigenvalue weighted by Crippen LogP contribution is -2.44. The summed E-state index contributed by atoms with van der Waals surface area (Å²) >= 11 is 0. The van der Waals surface area contributed by atoms with Crippen LogP contribution in [-0.4, -0.2) is 41.2 Å². The Kier molecular flexibility index (Phi) is 4.72. The predicted molar refractivity (Wildman–Crippen MR) is 70.4 cm³/mol. The van der Waals surface area contributed by atoms with Crippen LogP contribution in [0.1, 0.15) is 50.7 Å². The van der Waals surface area contributed by atoms with Crippen LogP contribution in [0.25, 0.3) is 0 Å². The molecule has 0 spiro atoms. The molecule has 102 valence electrons. The lowest BCUT2D eigenvalue weighted by molar-refractivity contribution is 0.134. The summed E-state index contributed by atoms with van der Waals surface area (Å²) in [5.74, 6) is 1.87. The molecule has 1 aliphatic heterocycles. The molecule has 0 saturated carbocycles. The Labute approximate surface area is 109 Å². The maximum absolute atomic E-state index is 5.26. The molecular weight excluding hydrogens is 228 g/mol. The van der Waals surface area contributed by atoms with Gasteiger partial charge in [-0.05, 0) is 26.4 Å². The first-order valence-electron chi connectivity index (χ1n) is 6.92. The van der Waals surface area contributed by atoms with Gasteiger partial charge in [0.1, 0.15) is 0 Å². The lowest BCUT2D eigenvalue weighted by Gasteiger charge is -2.34. The third-order valence-electron chi connectivity index (χ3n) is 3.51. The van der Waals surface area contributed by atoms with Crippen LogP contribution in [0.4, 0.5) is 0 Å². The molecule has 2 heterocycles. The van der Waals surface area contributed by atoms with E-state index in [1.807, 2.05) is 7.05 Å². The van der Waals surface area contributed by atoms with Crippen molar-refractivity contribution in [2.45, 2.75) is 51.6 Å². The van der Waals surface area contributed by atoms with Gasteiger partial charge in [0.2, 0.25) is 5.89 Å². The number of nitrogens with zero attached hydrogens (tertiary/aromatic N) is 3. The lowest BCUT2D eigenvalue weighted by atomic mass is 10.0. The Bertz CT molecular complexity index is 362. The smallest absolute Gasteiger partial charge is 0.229 e. The number of aromatic nitrogens is 2. The Morgan fingerprint density at radius 2 is 2.28 bits per heavy atom. The van der Waals surface area contributed by atoms with Crippen LogP contribution in [0.3, 0.4) is 0 Å². The van der Waals surface area contributed by atoms with Gasteiger partial charge < -0.3 is 9.84 Å². The van der Waals surface area contributed by atoms with Gasteiger partial charge in [0, 0.05) is 18.5 Å². The number of hydrogen-bond donors (Lipinski definition) is 1. The summed E-state index contributed by atoms with van der Waals surface area (Å²) in [6.07, 6.45) is 3.86. The Balaban J connectivity index is 1.97. The zero-order valence-electron chi connectivity index (χ0n) is 11.6. The van der Waals surface area contributed by atoms with Crippen LogP contribution in [0.5, 0.6) is 0 Å². The van der Waals surface area contributed by atoms with Crippen molar-refractivity contribution in [1.82, 2.24) is 20.4 Å². The maximum Gasteiger partial charge on any atom is 0.229 e. The van der Waals surface area contributed by atoms with Crippen molar-refractivity contribution in [2.24, 2.45) is 0 Å². The molecule has 0 aliphatic carbocycles. The van der Waals surface area contributed by atoms with Gasteiger partial charge in [-0.1, -0.05) is 25.4 Å². The summed E-state index contributed by atoms with van der Waals surface area (Å²) in [6.45, 7) is 7.12. The fourth-order valence-corrected chi connectivity index (χ4v) is 2.48. The second-order valence-corrected chi connectivity index (χ2v) is 5.38. The molecule has 1 aromatic rings. The summed E-state index contributed by atoms with van der Waals surface area (Å²) < 4.78 is 5.26. The molecule has 5 nitrogen and oxygen atoms in total. The zero-order valence-corrected chi connectivity index (χ0v) is 11.6. The molecule has 1 saturated heterocycles. The summed E-state index contributed by atoms with van der Waals surface area (Å²) in [6, 6.07) is 0.602. The Morgan fingerprint density at radius 1 is 1.44 bits per heavy atom. The quantitative estimate of drug-likeness (QED) is 0.865. The molecule has 0 bridgehead atoms. The highest BCUT2D eigenvalue weighted by molar-refractivity contribution is 4.92. The van der Waals surface area contributed by atoms with Gasteiger partial charge in [0.05, 0.1) is 6.54 Å². The van der Waals surface area contributed by atoms with Gasteiger partial charge in [-0.3, -0.25) is 4.90 Å². The summed E-state index contributed by atoms with van der Waals surface area (Å²) in [7, 11) is 2.01. The van der Waals surface area contributed by atoms with E-state index in [9.17, 15) is 0 Å². The first kappa shape index (κ1) is 13.5. The second kappa shape index (κ2) is 6.29. The van der Waals surface area contributed by atoms with E-state index in [0.717, 1.165) is 31.3 Å². The first-order chi connectivity index (χ1) is 8.70. The van der Waals surface area contributed by atoms with Crippen LogP contribution < -0.4 is 5.32 Å². The monoisotopic (exact) mass is 252 g/mol. The molecule has 0 amide bonds. The van der Waals surface area contributed by atoms with E-state index < -0.39 is 0 Å². The van der Waals surface area contributed by atoms with Crippen molar-refractivity contribution in [2.75, 3.05) is 20.1 Å². The number of nitrogens with one attached hydrogen (secondary N) is 1. The van der Waals surface area contributed by atoms with Gasteiger partial charge in [-0.2, -0.15) is 4.98 Å².